The van der Waals surface area contributed by atoms with Gasteiger partial charge in [0.15, 0.2) is 0 Å². The second-order valence-electron chi connectivity index (χ2n) is 3.91. The second-order valence-corrected chi connectivity index (χ2v) is 3.91. The van der Waals surface area contributed by atoms with Gasteiger partial charge >= 0.3 is 0 Å². The summed E-state index contributed by atoms with van der Waals surface area (Å²) in [4.78, 5) is 6.54. The van der Waals surface area contributed by atoms with Crippen molar-refractivity contribution in [2.45, 2.75) is 12.2 Å². The van der Waals surface area contributed by atoms with Crippen LogP contribution in [0.5, 0.6) is 0 Å². The zero-order valence-electron chi connectivity index (χ0n) is 9.51. The first-order valence-corrected chi connectivity index (χ1v) is 5.43. The fourth-order valence-corrected chi connectivity index (χ4v) is 1.73. The molecule has 2 atom stereocenters. The summed E-state index contributed by atoms with van der Waals surface area (Å²) >= 11 is 0. The van der Waals surface area contributed by atoms with E-state index in [2.05, 4.69) is 15.0 Å². The normalized spacial score (nSPS) is 13.9. The summed E-state index contributed by atoms with van der Waals surface area (Å²) in [5.41, 5.74) is 8.75. The molecule has 2 rings (SSSR count). The van der Waals surface area contributed by atoms with Crippen molar-refractivity contribution in [1.29, 1.82) is 0 Å². The maximum absolute atomic E-state index is 9.93. The molecule has 1 aromatic carbocycles. The Morgan fingerprint density at radius 3 is 2.89 bits per heavy atom. The molecule has 2 aromatic rings. The Bertz CT molecular complexity index is 595. The lowest BCUT2D eigenvalue weighted by Gasteiger charge is -2.16. The van der Waals surface area contributed by atoms with Gasteiger partial charge < -0.3 is 10.2 Å². The van der Waals surface area contributed by atoms with Crippen LogP contribution in [0.1, 0.15) is 11.7 Å². The molecule has 1 aromatic heterocycles. The Morgan fingerprint density at radius 1 is 1.28 bits per heavy atom. The van der Waals surface area contributed by atoms with Crippen molar-refractivity contribution in [3.8, 4) is 0 Å². The van der Waals surface area contributed by atoms with Crippen molar-refractivity contribution in [2.75, 3.05) is 6.54 Å². The summed E-state index contributed by atoms with van der Waals surface area (Å²) in [7, 11) is 0. The molecular formula is C12H12N4O2. The van der Waals surface area contributed by atoms with Gasteiger partial charge in [-0.05, 0) is 28.6 Å². The Morgan fingerprint density at radius 2 is 2.11 bits per heavy atom. The molecule has 92 valence electrons. The maximum Gasteiger partial charge on any atom is 0.105 e. The van der Waals surface area contributed by atoms with E-state index in [4.69, 9.17) is 5.53 Å². The number of aliphatic hydroxyl groups is 2. The minimum absolute atomic E-state index is 0.161. The average Bonchev–Trinajstić information content (AvgIpc) is 2.43. The molecule has 18 heavy (non-hydrogen) atoms. The lowest BCUT2D eigenvalue weighted by Crippen LogP contribution is -2.21. The van der Waals surface area contributed by atoms with Gasteiger partial charge in [-0.25, -0.2) is 0 Å². The molecule has 0 aliphatic heterocycles. The van der Waals surface area contributed by atoms with E-state index in [9.17, 15) is 10.2 Å². The van der Waals surface area contributed by atoms with Crippen LogP contribution in [0.4, 0.5) is 0 Å². The molecule has 0 saturated heterocycles. The summed E-state index contributed by atoms with van der Waals surface area (Å²) in [5, 5.41) is 24.7. The Labute approximate surface area is 103 Å². The van der Waals surface area contributed by atoms with Gasteiger partial charge in [-0.15, -0.1) is 0 Å². The molecule has 2 unspecified atom stereocenters. The molecule has 0 saturated carbocycles. The third kappa shape index (κ3) is 2.57. The number of pyridine rings is 1. The van der Waals surface area contributed by atoms with E-state index in [1.807, 2.05) is 12.1 Å². The van der Waals surface area contributed by atoms with Gasteiger partial charge in [0.1, 0.15) is 6.10 Å². The van der Waals surface area contributed by atoms with Crippen LogP contribution in [-0.4, -0.2) is 27.8 Å². The monoisotopic (exact) mass is 244 g/mol. The largest absolute Gasteiger partial charge is 0.390 e. The molecular weight excluding hydrogens is 232 g/mol. The van der Waals surface area contributed by atoms with Crippen molar-refractivity contribution in [1.82, 2.24) is 4.98 Å². The van der Waals surface area contributed by atoms with Gasteiger partial charge in [0.2, 0.25) is 0 Å². The fourth-order valence-electron chi connectivity index (χ4n) is 1.73. The minimum atomic E-state index is -1.11. The van der Waals surface area contributed by atoms with E-state index < -0.39 is 12.2 Å². The Hall–Kier alpha value is -2.14. The van der Waals surface area contributed by atoms with Crippen molar-refractivity contribution in [3.05, 3.63) is 52.7 Å². The van der Waals surface area contributed by atoms with Gasteiger partial charge in [-0.1, -0.05) is 17.2 Å². The van der Waals surface area contributed by atoms with Crippen molar-refractivity contribution < 1.29 is 10.2 Å². The zero-order chi connectivity index (χ0) is 13.0. The third-order valence-corrected chi connectivity index (χ3v) is 2.70. The van der Waals surface area contributed by atoms with E-state index in [0.29, 0.717) is 5.56 Å². The summed E-state index contributed by atoms with van der Waals surface area (Å²) in [6.07, 6.45) is 1.20. The van der Waals surface area contributed by atoms with Crippen molar-refractivity contribution in [2.24, 2.45) is 5.11 Å². The van der Waals surface area contributed by atoms with Crippen LogP contribution in [0.2, 0.25) is 0 Å². The van der Waals surface area contributed by atoms with Crippen LogP contribution in [0, 0.1) is 0 Å². The molecule has 2 N–H and O–H groups in total. The highest BCUT2D eigenvalue weighted by Crippen LogP contribution is 2.22. The molecule has 0 amide bonds. The number of nitrogens with zero attached hydrogens (tertiary/aromatic N) is 4. The summed E-state index contributed by atoms with van der Waals surface area (Å²) in [5.74, 6) is 0. The number of azide groups is 1. The van der Waals surface area contributed by atoms with Crippen molar-refractivity contribution in [3.63, 3.8) is 0 Å². The maximum atomic E-state index is 9.93. The molecule has 0 aliphatic rings. The first-order valence-electron chi connectivity index (χ1n) is 5.43. The van der Waals surface area contributed by atoms with Crippen LogP contribution in [0.25, 0.3) is 21.2 Å². The highest BCUT2D eigenvalue weighted by atomic mass is 16.3. The number of aromatic nitrogens is 1. The van der Waals surface area contributed by atoms with Gasteiger partial charge in [0.25, 0.3) is 0 Å². The number of aliphatic hydroxyl groups excluding tert-OH is 2. The van der Waals surface area contributed by atoms with E-state index in [-0.39, 0.29) is 6.54 Å². The van der Waals surface area contributed by atoms with Gasteiger partial charge in [0, 0.05) is 22.7 Å². The number of benzene rings is 1. The summed E-state index contributed by atoms with van der Waals surface area (Å²) < 4.78 is 0. The highest BCUT2D eigenvalue weighted by molar-refractivity contribution is 5.82. The van der Waals surface area contributed by atoms with E-state index in [0.717, 1.165) is 10.8 Å². The van der Waals surface area contributed by atoms with Crippen LogP contribution >= 0.6 is 0 Å². The number of fused-ring (bicyclic) bond motifs is 1. The molecule has 0 bridgehead atoms. The smallest absolute Gasteiger partial charge is 0.105 e. The van der Waals surface area contributed by atoms with Crippen LogP contribution in [-0.2, 0) is 0 Å². The molecule has 6 nitrogen and oxygen atoms in total. The first-order chi connectivity index (χ1) is 8.72. The van der Waals surface area contributed by atoms with Crippen LogP contribution in [0.3, 0.4) is 0 Å². The van der Waals surface area contributed by atoms with E-state index in [1.165, 1.54) is 0 Å². The van der Waals surface area contributed by atoms with Crippen LogP contribution in [0.15, 0.2) is 41.8 Å². The first kappa shape index (κ1) is 12.3. The quantitative estimate of drug-likeness (QED) is 0.488. The van der Waals surface area contributed by atoms with E-state index in [1.54, 1.807) is 24.5 Å². The van der Waals surface area contributed by atoms with Gasteiger partial charge in [-0.3, -0.25) is 4.98 Å². The molecule has 1 heterocycles. The molecule has 0 fully saturated rings. The average molecular weight is 244 g/mol. The summed E-state index contributed by atoms with van der Waals surface area (Å²) in [6, 6.07) is 7.14. The number of hydrogen-bond donors (Lipinski definition) is 2. The molecule has 0 radical (unpaired) electrons. The minimum Gasteiger partial charge on any atom is -0.390 e. The zero-order valence-corrected chi connectivity index (χ0v) is 9.51. The lowest BCUT2D eigenvalue weighted by atomic mass is 10.0. The predicted octanol–water partition coefficient (Wildman–Crippen LogP) is 1.94. The SMILES string of the molecule is [N-]=[N+]=NCC(O)C(O)c1ccc2cnccc2c1. The fraction of sp³-hybridized carbons (Fsp3) is 0.250. The topological polar surface area (TPSA) is 102 Å². The number of rotatable bonds is 4. The van der Waals surface area contributed by atoms with Gasteiger partial charge in [0.05, 0.1) is 12.6 Å². The van der Waals surface area contributed by atoms with Gasteiger partial charge in [-0.2, -0.15) is 0 Å². The Kier molecular flexibility index (Phi) is 3.74. The predicted molar refractivity (Wildman–Crippen MR) is 66.7 cm³/mol. The lowest BCUT2D eigenvalue weighted by molar-refractivity contribution is 0.0245. The highest BCUT2D eigenvalue weighted by Gasteiger charge is 2.17. The standard InChI is InChI=1S/C12H12N4O2/c13-16-15-7-11(17)12(18)9-1-2-10-6-14-4-3-8(10)5-9/h1-6,11-12,17-18H,7H2. The van der Waals surface area contributed by atoms with E-state index >= 15 is 0 Å². The Balaban J connectivity index is 2.27. The molecule has 6 heteroatoms. The van der Waals surface area contributed by atoms with Crippen LogP contribution < -0.4 is 0 Å². The number of hydrogen-bond acceptors (Lipinski definition) is 4. The summed E-state index contributed by atoms with van der Waals surface area (Å²) in [6.45, 7) is -0.161. The third-order valence-electron chi connectivity index (χ3n) is 2.70. The molecule has 0 spiro atoms. The molecule has 0 aliphatic carbocycles. The second kappa shape index (κ2) is 5.46. The van der Waals surface area contributed by atoms with Crippen molar-refractivity contribution >= 4 is 10.8 Å².